The summed E-state index contributed by atoms with van der Waals surface area (Å²) in [5.74, 6) is 0.987. The lowest BCUT2D eigenvalue weighted by Gasteiger charge is -2.32. The number of aromatic nitrogens is 1. The average Bonchev–Trinajstić information content (AvgIpc) is 2.23. The van der Waals surface area contributed by atoms with Gasteiger partial charge in [-0.05, 0) is 17.7 Å². The van der Waals surface area contributed by atoms with Crippen LogP contribution in [-0.2, 0) is 6.54 Å². The highest BCUT2D eigenvalue weighted by Crippen LogP contribution is 2.22. The van der Waals surface area contributed by atoms with E-state index in [1.54, 1.807) is 0 Å². The Balaban J connectivity index is 1.96. The monoisotopic (exact) mass is 227 g/mol. The van der Waals surface area contributed by atoms with Gasteiger partial charge in [-0.25, -0.2) is 0 Å². The normalized spacial score (nSPS) is 23.6. The van der Waals surface area contributed by atoms with Gasteiger partial charge in [-0.15, -0.1) is 24.4 Å². The van der Waals surface area contributed by atoms with Gasteiger partial charge in [-0.1, -0.05) is 0 Å². The highest BCUT2D eigenvalue weighted by Gasteiger charge is 2.18. The first-order valence-corrected chi connectivity index (χ1v) is 6.06. The van der Waals surface area contributed by atoms with Crippen LogP contribution < -0.4 is 5.32 Å². The van der Waals surface area contributed by atoms with Crippen molar-refractivity contribution >= 4 is 24.4 Å². The van der Waals surface area contributed by atoms with E-state index in [1.807, 2.05) is 36.3 Å². The van der Waals surface area contributed by atoms with Gasteiger partial charge in [-0.2, -0.15) is 0 Å². The Bertz CT molecular complexity index is 281. The summed E-state index contributed by atoms with van der Waals surface area (Å²) in [4.78, 5) is 6.28. The molecule has 1 fully saturated rings. The third kappa shape index (κ3) is 2.63. The smallest absolute Gasteiger partial charge is 0.102 e. The molecule has 2 rings (SSSR count). The molecule has 2 heterocycles. The molecule has 1 unspecified atom stereocenters. The summed E-state index contributed by atoms with van der Waals surface area (Å²) in [5.41, 5.74) is 1.28. The molecule has 5 heteroatoms. The molecule has 14 heavy (non-hydrogen) atoms. The average molecular weight is 227 g/mol. The van der Waals surface area contributed by atoms with E-state index in [1.165, 1.54) is 5.56 Å². The molecule has 76 valence electrons. The standard InChI is InChI=1S/C9H13N3S2/c13-9-12(6-11-7-14-9)5-8-1-3-10-4-2-8/h1-4,9,11,13H,5-7H2. The van der Waals surface area contributed by atoms with Crippen molar-refractivity contribution in [2.75, 3.05) is 12.5 Å². The van der Waals surface area contributed by atoms with Crippen molar-refractivity contribution in [3.8, 4) is 0 Å². The Morgan fingerprint density at radius 2 is 2.36 bits per heavy atom. The van der Waals surface area contributed by atoms with E-state index in [-0.39, 0.29) is 0 Å². The maximum absolute atomic E-state index is 4.52. The zero-order valence-corrected chi connectivity index (χ0v) is 9.47. The van der Waals surface area contributed by atoms with Crippen molar-refractivity contribution in [2.45, 2.75) is 11.3 Å². The van der Waals surface area contributed by atoms with Crippen LogP contribution in [0.25, 0.3) is 0 Å². The van der Waals surface area contributed by atoms with Crippen LogP contribution in [0.4, 0.5) is 0 Å². The Morgan fingerprint density at radius 1 is 1.57 bits per heavy atom. The third-order valence-corrected chi connectivity index (χ3v) is 3.84. The van der Waals surface area contributed by atoms with E-state index in [4.69, 9.17) is 0 Å². The van der Waals surface area contributed by atoms with E-state index in [2.05, 4.69) is 27.8 Å². The second kappa shape index (κ2) is 5.02. The number of nitrogens with zero attached hydrogens (tertiary/aromatic N) is 2. The number of thiol groups is 1. The van der Waals surface area contributed by atoms with E-state index >= 15 is 0 Å². The quantitative estimate of drug-likeness (QED) is 0.746. The fourth-order valence-electron chi connectivity index (χ4n) is 1.36. The Kier molecular flexibility index (Phi) is 3.69. The molecular formula is C9H13N3S2. The van der Waals surface area contributed by atoms with Gasteiger partial charge in [0.25, 0.3) is 0 Å². The molecule has 0 amide bonds. The van der Waals surface area contributed by atoms with Gasteiger partial charge in [0.05, 0.1) is 6.67 Å². The summed E-state index contributed by atoms with van der Waals surface area (Å²) >= 11 is 6.33. The predicted molar refractivity (Wildman–Crippen MR) is 63.0 cm³/mol. The molecule has 1 aromatic rings. The highest BCUT2D eigenvalue weighted by molar-refractivity contribution is 8.10. The van der Waals surface area contributed by atoms with Gasteiger partial charge in [0.15, 0.2) is 0 Å². The minimum atomic E-state index is 0.296. The molecular weight excluding hydrogens is 214 g/mol. The van der Waals surface area contributed by atoms with E-state index in [9.17, 15) is 0 Å². The number of pyridine rings is 1. The van der Waals surface area contributed by atoms with Crippen molar-refractivity contribution in [1.82, 2.24) is 15.2 Å². The zero-order valence-electron chi connectivity index (χ0n) is 7.76. The number of nitrogens with one attached hydrogen (secondary N) is 1. The van der Waals surface area contributed by atoms with Crippen LogP contribution in [0.3, 0.4) is 0 Å². The molecule has 3 nitrogen and oxygen atoms in total. The van der Waals surface area contributed by atoms with Gasteiger partial charge < -0.3 is 0 Å². The van der Waals surface area contributed by atoms with E-state index in [0.717, 1.165) is 19.1 Å². The van der Waals surface area contributed by atoms with Crippen LogP contribution in [0.1, 0.15) is 5.56 Å². The molecule has 1 N–H and O–H groups in total. The van der Waals surface area contributed by atoms with Gasteiger partial charge in [-0.3, -0.25) is 15.2 Å². The van der Waals surface area contributed by atoms with Crippen molar-refractivity contribution in [1.29, 1.82) is 0 Å². The minimum absolute atomic E-state index is 0.296. The van der Waals surface area contributed by atoms with Crippen molar-refractivity contribution in [2.24, 2.45) is 0 Å². The van der Waals surface area contributed by atoms with Gasteiger partial charge in [0.1, 0.15) is 4.71 Å². The minimum Gasteiger partial charge on any atom is -0.295 e. The number of thioether (sulfide) groups is 1. The van der Waals surface area contributed by atoms with Gasteiger partial charge >= 0.3 is 0 Å². The molecule has 1 aromatic heterocycles. The van der Waals surface area contributed by atoms with E-state index in [0.29, 0.717) is 4.71 Å². The molecule has 0 aliphatic carbocycles. The first-order chi connectivity index (χ1) is 6.86. The summed E-state index contributed by atoms with van der Waals surface area (Å²) in [6, 6.07) is 4.08. The van der Waals surface area contributed by atoms with Crippen molar-refractivity contribution < 1.29 is 0 Å². The second-order valence-electron chi connectivity index (χ2n) is 3.15. The van der Waals surface area contributed by atoms with E-state index < -0.39 is 0 Å². The maximum Gasteiger partial charge on any atom is 0.102 e. The topological polar surface area (TPSA) is 28.2 Å². The zero-order chi connectivity index (χ0) is 9.80. The summed E-state index contributed by atoms with van der Waals surface area (Å²) in [7, 11) is 0. The Labute approximate surface area is 93.7 Å². The maximum atomic E-state index is 4.52. The predicted octanol–water partition coefficient (Wildman–Crippen LogP) is 1.35. The fraction of sp³-hybridized carbons (Fsp3) is 0.444. The molecule has 0 bridgehead atoms. The van der Waals surface area contributed by atoms with Crippen LogP contribution in [0, 0.1) is 0 Å². The lowest BCUT2D eigenvalue weighted by molar-refractivity contribution is 0.269. The third-order valence-electron chi connectivity index (χ3n) is 2.10. The molecule has 0 aromatic carbocycles. The number of rotatable bonds is 2. The molecule has 1 saturated heterocycles. The van der Waals surface area contributed by atoms with Crippen LogP contribution in [0.2, 0.25) is 0 Å². The highest BCUT2D eigenvalue weighted by atomic mass is 32.2. The fourth-order valence-corrected chi connectivity index (χ4v) is 2.47. The van der Waals surface area contributed by atoms with Crippen LogP contribution in [0.15, 0.2) is 24.5 Å². The lowest BCUT2D eigenvalue weighted by atomic mass is 10.2. The molecule has 1 aliphatic heterocycles. The van der Waals surface area contributed by atoms with Gasteiger partial charge in [0.2, 0.25) is 0 Å². The molecule has 1 atom stereocenters. The summed E-state index contributed by atoms with van der Waals surface area (Å²) in [6.45, 7) is 1.83. The summed E-state index contributed by atoms with van der Waals surface area (Å²) in [5, 5.41) is 3.31. The second-order valence-corrected chi connectivity index (χ2v) is 5.05. The number of hydrogen-bond donors (Lipinski definition) is 2. The Hall–Kier alpha value is -0.230. The van der Waals surface area contributed by atoms with Crippen molar-refractivity contribution in [3.05, 3.63) is 30.1 Å². The molecule has 1 aliphatic rings. The first-order valence-electron chi connectivity index (χ1n) is 4.49. The van der Waals surface area contributed by atoms with Crippen LogP contribution >= 0.6 is 24.4 Å². The largest absolute Gasteiger partial charge is 0.295 e. The SMILES string of the molecule is SC1SCNCN1Cc1ccncc1. The summed E-state index contributed by atoms with van der Waals surface area (Å²) < 4.78 is 0.296. The number of hydrogen-bond acceptors (Lipinski definition) is 5. The molecule has 0 spiro atoms. The molecule has 0 radical (unpaired) electrons. The van der Waals surface area contributed by atoms with Gasteiger partial charge in [0, 0.05) is 24.8 Å². The first kappa shape index (κ1) is 10.3. The van der Waals surface area contributed by atoms with Crippen molar-refractivity contribution in [3.63, 3.8) is 0 Å². The lowest BCUT2D eigenvalue weighted by Crippen LogP contribution is -2.42. The summed E-state index contributed by atoms with van der Waals surface area (Å²) in [6.07, 6.45) is 3.65. The molecule has 0 saturated carbocycles. The van der Waals surface area contributed by atoms with Crippen LogP contribution in [-0.4, -0.2) is 27.1 Å². The Morgan fingerprint density at radius 3 is 3.07 bits per heavy atom. The van der Waals surface area contributed by atoms with Crippen LogP contribution in [0.5, 0.6) is 0 Å².